The Kier molecular flexibility index (Phi) is 7.13. The number of nitriles is 1. The molecule has 0 N–H and O–H groups in total. The van der Waals surface area contributed by atoms with Gasteiger partial charge in [-0.15, -0.1) is 0 Å². The summed E-state index contributed by atoms with van der Waals surface area (Å²) in [4.78, 5) is 26.7. The molecule has 1 heterocycles. The molecule has 3 aromatic carbocycles. The Bertz CT molecular complexity index is 1370. The lowest BCUT2D eigenvalue weighted by Crippen LogP contribution is -2.27. The number of benzene rings is 3. The van der Waals surface area contributed by atoms with Crippen LogP contribution in [0.15, 0.2) is 65.6 Å². The normalized spacial score (nSPS) is 14.4. The van der Waals surface area contributed by atoms with Gasteiger partial charge >= 0.3 is 0 Å². The summed E-state index contributed by atoms with van der Waals surface area (Å²) in [5.41, 5.74) is 2.09. The number of amides is 2. The predicted molar refractivity (Wildman–Crippen MR) is 133 cm³/mol. The minimum atomic E-state index is -0.480. The van der Waals surface area contributed by atoms with Crippen molar-refractivity contribution in [1.82, 2.24) is 0 Å². The summed E-state index contributed by atoms with van der Waals surface area (Å²) < 4.78 is 11.3. The van der Waals surface area contributed by atoms with Crippen molar-refractivity contribution in [2.24, 2.45) is 0 Å². The third-order valence-corrected chi connectivity index (χ3v) is 6.42. The van der Waals surface area contributed by atoms with Crippen molar-refractivity contribution in [3.8, 4) is 17.6 Å². The van der Waals surface area contributed by atoms with Crippen molar-refractivity contribution in [1.29, 1.82) is 5.26 Å². The van der Waals surface area contributed by atoms with Crippen LogP contribution in [0, 0.1) is 11.3 Å². The van der Waals surface area contributed by atoms with Crippen molar-refractivity contribution >= 4 is 57.9 Å². The Morgan fingerprint density at radius 3 is 2.53 bits per heavy atom. The van der Waals surface area contributed by atoms with Gasteiger partial charge in [-0.1, -0.05) is 53.5 Å². The van der Waals surface area contributed by atoms with Crippen molar-refractivity contribution in [3.63, 3.8) is 0 Å². The molecule has 0 atom stereocenters. The Labute approximate surface area is 210 Å². The lowest BCUT2D eigenvalue weighted by Gasteiger charge is -2.14. The van der Waals surface area contributed by atoms with Gasteiger partial charge in [0, 0.05) is 5.56 Å². The highest BCUT2D eigenvalue weighted by Gasteiger charge is 2.37. The van der Waals surface area contributed by atoms with E-state index in [-0.39, 0.29) is 16.5 Å². The summed E-state index contributed by atoms with van der Waals surface area (Å²) in [5, 5.41) is 9.37. The Morgan fingerprint density at radius 1 is 1.06 bits per heavy atom. The van der Waals surface area contributed by atoms with Gasteiger partial charge in [-0.3, -0.25) is 9.59 Å². The first-order chi connectivity index (χ1) is 16.4. The van der Waals surface area contributed by atoms with Crippen LogP contribution in [0.5, 0.6) is 11.5 Å². The first kappa shape index (κ1) is 23.7. The number of thioether (sulfide) groups is 1. The SMILES string of the molecule is COc1cc(/C=C2\SC(=O)N(c3ccccc3Cl)C2=O)cc(Cl)c1OCc1ccccc1C#N. The van der Waals surface area contributed by atoms with E-state index in [0.29, 0.717) is 38.9 Å². The first-order valence-electron chi connectivity index (χ1n) is 9.93. The molecule has 0 unspecified atom stereocenters. The quantitative estimate of drug-likeness (QED) is 0.343. The highest BCUT2D eigenvalue weighted by Crippen LogP contribution is 2.41. The summed E-state index contributed by atoms with van der Waals surface area (Å²) in [6, 6.07) is 19.1. The van der Waals surface area contributed by atoms with E-state index in [0.717, 1.165) is 16.7 Å². The zero-order valence-electron chi connectivity index (χ0n) is 17.7. The number of ether oxygens (including phenoxy) is 2. The van der Waals surface area contributed by atoms with Crippen LogP contribution < -0.4 is 14.4 Å². The number of nitrogens with zero attached hydrogens (tertiary/aromatic N) is 2. The fraction of sp³-hybridized carbons (Fsp3) is 0.0800. The Morgan fingerprint density at radius 2 is 1.79 bits per heavy atom. The van der Waals surface area contributed by atoms with E-state index in [1.54, 1.807) is 60.7 Å². The van der Waals surface area contributed by atoms with Gasteiger partial charge in [-0.2, -0.15) is 5.26 Å². The molecule has 0 aromatic heterocycles. The number of methoxy groups -OCH3 is 1. The highest BCUT2D eigenvalue weighted by molar-refractivity contribution is 8.19. The maximum absolute atomic E-state index is 12.9. The van der Waals surface area contributed by atoms with Crippen LogP contribution >= 0.6 is 35.0 Å². The number of carbonyl (C=O) groups excluding carboxylic acids is 2. The standard InChI is InChI=1S/C25H16Cl2N2O4S/c1-32-21-11-15(10-19(27)23(21)33-14-17-7-3-2-6-16(17)13-28)12-22-24(30)29(25(31)34-22)20-9-5-4-8-18(20)26/h2-12H,14H2,1H3/b22-12-. The topological polar surface area (TPSA) is 79.6 Å². The van der Waals surface area contributed by atoms with Crippen LogP contribution in [0.4, 0.5) is 10.5 Å². The van der Waals surface area contributed by atoms with Gasteiger partial charge in [0.2, 0.25) is 0 Å². The van der Waals surface area contributed by atoms with Gasteiger partial charge in [-0.25, -0.2) is 4.90 Å². The zero-order valence-corrected chi connectivity index (χ0v) is 20.1. The Hall–Kier alpha value is -3.44. The molecule has 6 nitrogen and oxygen atoms in total. The second kappa shape index (κ2) is 10.2. The largest absolute Gasteiger partial charge is 0.493 e. The predicted octanol–water partition coefficient (Wildman–Crippen LogP) is 6.69. The number of rotatable bonds is 6. The Balaban J connectivity index is 1.60. The lowest BCUT2D eigenvalue weighted by atomic mass is 10.1. The average Bonchev–Trinajstić information content (AvgIpc) is 3.11. The number of hydrogen-bond donors (Lipinski definition) is 0. The molecule has 1 aliphatic rings. The summed E-state index contributed by atoms with van der Waals surface area (Å²) in [6.45, 7) is 0.121. The molecule has 2 amide bonds. The number of para-hydroxylation sites is 1. The molecule has 0 spiro atoms. The van der Waals surface area contributed by atoms with Crippen LogP contribution in [0.3, 0.4) is 0 Å². The number of halogens is 2. The molecule has 9 heteroatoms. The van der Waals surface area contributed by atoms with Crippen LogP contribution in [-0.2, 0) is 11.4 Å². The van der Waals surface area contributed by atoms with Crippen molar-refractivity contribution < 1.29 is 19.1 Å². The minimum Gasteiger partial charge on any atom is -0.493 e. The monoisotopic (exact) mass is 510 g/mol. The van der Waals surface area contributed by atoms with Gasteiger partial charge in [0.15, 0.2) is 11.5 Å². The van der Waals surface area contributed by atoms with Gasteiger partial charge in [-0.05, 0) is 53.7 Å². The third-order valence-electron chi connectivity index (χ3n) is 4.95. The van der Waals surface area contributed by atoms with E-state index in [1.807, 2.05) is 6.07 Å². The van der Waals surface area contributed by atoms with Crippen molar-refractivity contribution in [2.75, 3.05) is 12.0 Å². The van der Waals surface area contributed by atoms with Crippen LogP contribution in [-0.4, -0.2) is 18.3 Å². The van der Waals surface area contributed by atoms with Crippen LogP contribution in [0.2, 0.25) is 10.0 Å². The van der Waals surface area contributed by atoms with E-state index in [9.17, 15) is 14.9 Å². The molecule has 170 valence electrons. The number of carbonyl (C=O) groups is 2. The molecule has 1 fully saturated rings. The molecule has 0 aliphatic carbocycles. The summed E-state index contributed by atoms with van der Waals surface area (Å²) in [6.07, 6.45) is 1.56. The van der Waals surface area contributed by atoms with Crippen LogP contribution in [0.1, 0.15) is 16.7 Å². The maximum atomic E-state index is 12.9. The van der Waals surface area contributed by atoms with E-state index >= 15 is 0 Å². The summed E-state index contributed by atoms with van der Waals surface area (Å²) in [5.74, 6) is 0.170. The minimum absolute atomic E-state index is 0.121. The summed E-state index contributed by atoms with van der Waals surface area (Å²) >= 11 is 13.4. The number of anilines is 1. The summed E-state index contributed by atoms with van der Waals surface area (Å²) in [7, 11) is 1.47. The molecule has 3 aromatic rings. The van der Waals surface area contributed by atoms with Gasteiger partial charge in [0.1, 0.15) is 6.61 Å². The van der Waals surface area contributed by atoms with Crippen molar-refractivity contribution in [3.05, 3.63) is 92.3 Å². The smallest absolute Gasteiger partial charge is 0.298 e. The fourth-order valence-electron chi connectivity index (χ4n) is 3.33. The molecule has 0 saturated carbocycles. The van der Waals surface area contributed by atoms with E-state index in [2.05, 4.69) is 6.07 Å². The molecular formula is C25H16Cl2N2O4S. The number of hydrogen-bond acceptors (Lipinski definition) is 6. The van der Waals surface area contributed by atoms with Gasteiger partial charge < -0.3 is 9.47 Å². The lowest BCUT2D eigenvalue weighted by molar-refractivity contribution is -0.113. The molecule has 1 saturated heterocycles. The highest BCUT2D eigenvalue weighted by atomic mass is 35.5. The first-order valence-corrected chi connectivity index (χ1v) is 11.5. The van der Waals surface area contributed by atoms with Crippen LogP contribution in [0.25, 0.3) is 6.08 Å². The van der Waals surface area contributed by atoms with Gasteiger partial charge in [0.25, 0.3) is 11.1 Å². The van der Waals surface area contributed by atoms with E-state index in [4.69, 9.17) is 32.7 Å². The molecule has 0 radical (unpaired) electrons. The average molecular weight is 511 g/mol. The molecule has 4 rings (SSSR count). The molecular weight excluding hydrogens is 495 g/mol. The fourth-order valence-corrected chi connectivity index (χ4v) is 4.66. The number of imide groups is 1. The second-order valence-corrected chi connectivity index (χ2v) is 8.87. The maximum Gasteiger partial charge on any atom is 0.298 e. The molecule has 0 bridgehead atoms. The third kappa shape index (κ3) is 4.75. The second-order valence-electron chi connectivity index (χ2n) is 7.06. The van der Waals surface area contributed by atoms with E-state index in [1.165, 1.54) is 7.11 Å². The molecule has 34 heavy (non-hydrogen) atoms. The van der Waals surface area contributed by atoms with Crippen molar-refractivity contribution in [2.45, 2.75) is 6.61 Å². The zero-order chi connectivity index (χ0) is 24.2. The van der Waals surface area contributed by atoms with E-state index < -0.39 is 11.1 Å². The van der Waals surface area contributed by atoms with Gasteiger partial charge in [0.05, 0.1) is 39.4 Å². The molecule has 1 aliphatic heterocycles.